The normalized spacial score (nSPS) is 11.2. The Hall–Kier alpha value is -3.79. The zero-order chi connectivity index (χ0) is 17.1. The Labute approximate surface area is 135 Å². The molecular formula is C17H10N4O3. The minimum absolute atomic E-state index is 0.0824. The largest absolute Gasteiger partial charge is 0.305 e. The zero-order valence-corrected chi connectivity index (χ0v) is 12.3. The molecule has 0 aliphatic heterocycles. The molecule has 0 saturated heterocycles. The van der Waals surface area contributed by atoms with Gasteiger partial charge in [0.15, 0.2) is 5.82 Å². The topological polar surface area (TPSA) is 113 Å². The summed E-state index contributed by atoms with van der Waals surface area (Å²) < 4.78 is 0. The fourth-order valence-electron chi connectivity index (χ4n) is 2.26. The number of hydrogen-bond donors (Lipinski definition) is 1. The first kappa shape index (κ1) is 15.1. The van der Waals surface area contributed by atoms with Crippen LogP contribution in [0.15, 0.2) is 53.3 Å². The van der Waals surface area contributed by atoms with Crippen LogP contribution in [-0.4, -0.2) is 14.9 Å². The molecule has 3 aromatic rings. The molecule has 24 heavy (non-hydrogen) atoms. The van der Waals surface area contributed by atoms with Gasteiger partial charge in [0.2, 0.25) is 0 Å². The van der Waals surface area contributed by atoms with E-state index in [9.17, 15) is 20.2 Å². The first-order valence-corrected chi connectivity index (χ1v) is 6.94. The summed E-state index contributed by atoms with van der Waals surface area (Å²) >= 11 is 0. The molecule has 2 aromatic carbocycles. The van der Waals surface area contributed by atoms with E-state index in [1.165, 1.54) is 24.3 Å². The summed E-state index contributed by atoms with van der Waals surface area (Å²) in [4.78, 5) is 29.3. The van der Waals surface area contributed by atoms with E-state index < -0.39 is 4.92 Å². The summed E-state index contributed by atoms with van der Waals surface area (Å²) in [5.41, 5.74) is 0.614. The highest BCUT2D eigenvalue weighted by atomic mass is 16.6. The van der Waals surface area contributed by atoms with Crippen LogP contribution in [0, 0.1) is 21.4 Å². The average molecular weight is 318 g/mol. The number of nitrogens with zero attached hydrogens (tertiary/aromatic N) is 3. The number of hydrogen-bond acceptors (Lipinski definition) is 5. The standard InChI is InChI=1S/C17H10N4O3/c18-10-12(8-11-4-3-5-13(9-11)21(23)24)16-19-15-7-2-1-6-14(15)17(22)20-16/h1-9H,(H,19,20,22)/b12-8-. The summed E-state index contributed by atoms with van der Waals surface area (Å²) in [5.74, 6) is 0.118. The van der Waals surface area contributed by atoms with Gasteiger partial charge in [0.1, 0.15) is 6.07 Å². The molecule has 0 aliphatic rings. The van der Waals surface area contributed by atoms with E-state index in [-0.39, 0.29) is 22.6 Å². The molecular weight excluding hydrogens is 308 g/mol. The van der Waals surface area contributed by atoms with Crippen LogP contribution >= 0.6 is 0 Å². The van der Waals surface area contributed by atoms with Crippen LogP contribution in [0.2, 0.25) is 0 Å². The Bertz CT molecular complexity index is 1080. The summed E-state index contributed by atoms with van der Waals surface area (Å²) in [7, 11) is 0. The lowest BCUT2D eigenvalue weighted by molar-refractivity contribution is -0.384. The van der Waals surface area contributed by atoms with Crippen molar-refractivity contribution in [3.63, 3.8) is 0 Å². The maximum atomic E-state index is 12.1. The number of fused-ring (bicyclic) bond motifs is 1. The lowest BCUT2D eigenvalue weighted by Crippen LogP contribution is -2.11. The van der Waals surface area contributed by atoms with Crippen molar-refractivity contribution < 1.29 is 4.92 Å². The quantitative estimate of drug-likeness (QED) is 0.453. The van der Waals surface area contributed by atoms with Gasteiger partial charge < -0.3 is 4.98 Å². The molecule has 0 fully saturated rings. The number of para-hydroxylation sites is 1. The van der Waals surface area contributed by atoms with Gasteiger partial charge in [0.25, 0.3) is 11.2 Å². The zero-order valence-electron chi connectivity index (χ0n) is 12.3. The van der Waals surface area contributed by atoms with Crippen LogP contribution in [0.4, 0.5) is 5.69 Å². The molecule has 0 aliphatic carbocycles. The molecule has 0 saturated carbocycles. The van der Waals surface area contributed by atoms with Crippen LogP contribution in [0.1, 0.15) is 11.4 Å². The van der Waals surface area contributed by atoms with Crippen LogP contribution in [-0.2, 0) is 0 Å². The highest BCUT2D eigenvalue weighted by Crippen LogP contribution is 2.19. The van der Waals surface area contributed by atoms with Crippen LogP contribution in [0.25, 0.3) is 22.6 Å². The second kappa shape index (κ2) is 6.14. The molecule has 0 radical (unpaired) electrons. The van der Waals surface area contributed by atoms with Gasteiger partial charge in [-0.3, -0.25) is 14.9 Å². The Balaban J connectivity index is 2.13. The summed E-state index contributed by atoms with van der Waals surface area (Å²) in [5, 5.41) is 20.6. The first-order chi connectivity index (χ1) is 11.6. The molecule has 7 heteroatoms. The van der Waals surface area contributed by atoms with Crippen LogP contribution in [0.3, 0.4) is 0 Å². The number of aromatic amines is 1. The Morgan fingerprint density at radius 3 is 2.79 bits per heavy atom. The van der Waals surface area contributed by atoms with Gasteiger partial charge >= 0.3 is 0 Å². The van der Waals surface area contributed by atoms with Gasteiger partial charge in [-0.05, 0) is 23.8 Å². The Morgan fingerprint density at radius 1 is 1.25 bits per heavy atom. The number of nitriles is 1. The number of H-pyrrole nitrogens is 1. The Kier molecular flexibility index (Phi) is 3.87. The van der Waals surface area contributed by atoms with Crippen LogP contribution < -0.4 is 5.56 Å². The fraction of sp³-hybridized carbons (Fsp3) is 0. The predicted octanol–water partition coefficient (Wildman–Crippen LogP) is 2.90. The van der Waals surface area contributed by atoms with E-state index in [4.69, 9.17) is 0 Å². The third kappa shape index (κ3) is 2.89. The van der Waals surface area contributed by atoms with Gasteiger partial charge in [-0.15, -0.1) is 0 Å². The fourth-order valence-corrected chi connectivity index (χ4v) is 2.26. The molecule has 3 rings (SSSR count). The summed E-state index contributed by atoms with van der Waals surface area (Å²) in [6.07, 6.45) is 1.44. The van der Waals surface area contributed by atoms with Gasteiger partial charge in [0, 0.05) is 12.1 Å². The highest BCUT2D eigenvalue weighted by Gasteiger charge is 2.09. The SMILES string of the molecule is N#C/C(=C/c1cccc([N+](=O)[O-])c1)c1nc2ccccc2c(=O)[nH]1. The van der Waals surface area contributed by atoms with E-state index in [2.05, 4.69) is 9.97 Å². The second-order valence-corrected chi connectivity index (χ2v) is 4.95. The Morgan fingerprint density at radius 2 is 2.04 bits per heavy atom. The van der Waals surface area contributed by atoms with Crippen molar-refractivity contribution in [1.29, 1.82) is 5.26 Å². The first-order valence-electron chi connectivity index (χ1n) is 6.94. The summed E-state index contributed by atoms with van der Waals surface area (Å²) in [6, 6.07) is 14.6. The smallest absolute Gasteiger partial charge is 0.270 e. The molecule has 1 heterocycles. The molecule has 116 valence electrons. The number of rotatable bonds is 3. The van der Waals surface area contributed by atoms with E-state index >= 15 is 0 Å². The number of nitro groups is 1. The molecule has 1 N–H and O–H groups in total. The number of nitrogens with one attached hydrogen (secondary N) is 1. The molecule has 0 spiro atoms. The minimum Gasteiger partial charge on any atom is -0.305 e. The lowest BCUT2D eigenvalue weighted by atomic mass is 10.1. The van der Waals surface area contributed by atoms with Crippen LogP contribution in [0.5, 0.6) is 0 Å². The number of aromatic nitrogens is 2. The molecule has 0 atom stereocenters. The summed E-state index contributed by atoms with van der Waals surface area (Å²) in [6.45, 7) is 0. The van der Waals surface area contributed by atoms with E-state index in [0.29, 0.717) is 16.5 Å². The number of non-ortho nitro benzene ring substituents is 1. The van der Waals surface area contributed by atoms with Gasteiger partial charge in [-0.1, -0.05) is 24.3 Å². The average Bonchev–Trinajstić information content (AvgIpc) is 2.60. The van der Waals surface area contributed by atoms with Gasteiger partial charge in [-0.25, -0.2) is 4.98 Å². The number of benzene rings is 2. The molecule has 7 nitrogen and oxygen atoms in total. The predicted molar refractivity (Wildman–Crippen MR) is 88.9 cm³/mol. The van der Waals surface area contributed by atoms with Gasteiger partial charge in [-0.2, -0.15) is 5.26 Å². The van der Waals surface area contributed by atoms with Crippen molar-refractivity contribution in [2.75, 3.05) is 0 Å². The minimum atomic E-state index is -0.514. The third-order valence-electron chi connectivity index (χ3n) is 3.38. The molecule has 0 amide bonds. The molecule has 0 bridgehead atoms. The van der Waals surface area contributed by atoms with Crippen molar-refractivity contribution in [2.45, 2.75) is 0 Å². The highest BCUT2D eigenvalue weighted by molar-refractivity contribution is 5.89. The second-order valence-electron chi connectivity index (χ2n) is 4.95. The van der Waals surface area contributed by atoms with Gasteiger partial charge in [0.05, 0.1) is 21.4 Å². The maximum Gasteiger partial charge on any atom is 0.270 e. The van der Waals surface area contributed by atoms with Crippen molar-refractivity contribution in [2.24, 2.45) is 0 Å². The number of nitro benzene ring substituents is 1. The lowest BCUT2D eigenvalue weighted by Gasteiger charge is -2.02. The van der Waals surface area contributed by atoms with E-state index in [0.717, 1.165) is 0 Å². The molecule has 0 unspecified atom stereocenters. The van der Waals surface area contributed by atoms with E-state index in [1.807, 2.05) is 6.07 Å². The van der Waals surface area contributed by atoms with Crippen molar-refractivity contribution >= 4 is 28.2 Å². The number of allylic oxidation sites excluding steroid dienone is 1. The maximum absolute atomic E-state index is 12.1. The van der Waals surface area contributed by atoms with Crippen molar-refractivity contribution in [3.8, 4) is 6.07 Å². The van der Waals surface area contributed by atoms with Crippen molar-refractivity contribution in [3.05, 3.63) is 80.4 Å². The third-order valence-corrected chi connectivity index (χ3v) is 3.38. The molecule has 1 aromatic heterocycles. The van der Waals surface area contributed by atoms with E-state index in [1.54, 1.807) is 30.3 Å². The van der Waals surface area contributed by atoms with Crippen molar-refractivity contribution in [1.82, 2.24) is 9.97 Å². The monoisotopic (exact) mass is 318 g/mol.